The molecule has 0 radical (unpaired) electrons. The van der Waals surface area contributed by atoms with Crippen LogP contribution in [0.15, 0.2) is 91.3 Å². The molecule has 4 nitrogen and oxygen atoms in total. The van der Waals surface area contributed by atoms with Crippen LogP contribution in [0.2, 0.25) is 5.02 Å². The molecule has 1 heterocycles. The van der Waals surface area contributed by atoms with Gasteiger partial charge in [0, 0.05) is 29.4 Å². The second kappa shape index (κ2) is 11.6. The molecule has 4 aromatic rings. The molecule has 1 N–H and O–H groups in total. The molecular weight excluding hydrogens is 444 g/mol. The Bertz CT molecular complexity index is 1260. The van der Waals surface area contributed by atoms with E-state index < -0.39 is 6.04 Å². The van der Waals surface area contributed by atoms with Crippen molar-refractivity contribution in [3.8, 4) is 0 Å². The van der Waals surface area contributed by atoms with Crippen LogP contribution < -0.4 is 5.32 Å². The third-order valence-electron chi connectivity index (χ3n) is 5.95. The van der Waals surface area contributed by atoms with Crippen LogP contribution >= 0.6 is 11.6 Å². The van der Waals surface area contributed by atoms with Gasteiger partial charge in [-0.2, -0.15) is 0 Å². The standard InChI is InChI=1S/C29H27ClN2O2/c30-26-13-9-22(10-14-26)19-27(28(33)8-4-1-5-21-15-17-31-18-16-21)32-29(34)25-12-11-23-6-2-3-7-24(23)20-25/h2-3,6-7,9-18,20,27H,1,4-5,8,19H2,(H,32,34). The quantitative estimate of drug-likeness (QED) is 0.280. The smallest absolute Gasteiger partial charge is 0.251 e. The number of hydrogen-bond acceptors (Lipinski definition) is 3. The highest BCUT2D eigenvalue weighted by atomic mass is 35.5. The van der Waals surface area contributed by atoms with Gasteiger partial charge < -0.3 is 5.32 Å². The third kappa shape index (κ3) is 6.52. The van der Waals surface area contributed by atoms with Crippen molar-refractivity contribution in [1.29, 1.82) is 0 Å². The molecule has 172 valence electrons. The number of amides is 1. The monoisotopic (exact) mass is 470 g/mol. The molecule has 4 rings (SSSR count). The van der Waals surface area contributed by atoms with Gasteiger partial charge in [-0.15, -0.1) is 0 Å². The highest BCUT2D eigenvalue weighted by Crippen LogP contribution is 2.17. The molecule has 0 aliphatic heterocycles. The Balaban J connectivity index is 1.43. The first-order valence-corrected chi connectivity index (χ1v) is 11.9. The lowest BCUT2D eigenvalue weighted by atomic mass is 9.97. The summed E-state index contributed by atoms with van der Waals surface area (Å²) in [4.78, 5) is 30.3. The average Bonchev–Trinajstić information content (AvgIpc) is 2.87. The van der Waals surface area contributed by atoms with Crippen molar-refractivity contribution in [2.75, 3.05) is 0 Å². The summed E-state index contributed by atoms with van der Waals surface area (Å²) in [6.45, 7) is 0. The van der Waals surface area contributed by atoms with Gasteiger partial charge in [0.2, 0.25) is 0 Å². The number of aryl methyl sites for hydroxylation is 1. The highest BCUT2D eigenvalue weighted by molar-refractivity contribution is 6.30. The van der Waals surface area contributed by atoms with Crippen LogP contribution in [0.1, 0.15) is 40.7 Å². The van der Waals surface area contributed by atoms with E-state index in [2.05, 4.69) is 10.3 Å². The molecule has 1 unspecified atom stereocenters. The molecule has 1 amide bonds. The fourth-order valence-electron chi connectivity index (χ4n) is 4.03. The molecule has 34 heavy (non-hydrogen) atoms. The first kappa shape index (κ1) is 23.7. The van der Waals surface area contributed by atoms with E-state index in [0.29, 0.717) is 23.4 Å². The minimum atomic E-state index is -0.596. The molecule has 1 aromatic heterocycles. The summed E-state index contributed by atoms with van der Waals surface area (Å²) >= 11 is 6.02. The lowest BCUT2D eigenvalue weighted by Crippen LogP contribution is -2.42. The molecule has 3 aromatic carbocycles. The minimum absolute atomic E-state index is 0.0406. The van der Waals surface area contributed by atoms with E-state index >= 15 is 0 Å². The summed E-state index contributed by atoms with van der Waals surface area (Å²) in [5.41, 5.74) is 2.72. The fourth-order valence-corrected chi connectivity index (χ4v) is 4.15. The first-order valence-electron chi connectivity index (χ1n) is 11.5. The van der Waals surface area contributed by atoms with Crippen molar-refractivity contribution < 1.29 is 9.59 Å². The topological polar surface area (TPSA) is 59.1 Å². The number of rotatable bonds is 10. The van der Waals surface area contributed by atoms with Gasteiger partial charge in [-0.25, -0.2) is 0 Å². The van der Waals surface area contributed by atoms with Gasteiger partial charge >= 0.3 is 0 Å². The summed E-state index contributed by atoms with van der Waals surface area (Å²) in [7, 11) is 0. The molecule has 5 heteroatoms. The number of fused-ring (bicyclic) bond motifs is 1. The van der Waals surface area contributed by atoms with Crippen LogP contribution in [0.25, 0.3) is 10.8 Å². The molecule has 0 fully saturated rings. The Hall–Kier alpha value is -3.50. The molecule has 0 saturated heterocycles. The zero-order valence-electron chi connectivity index (χ0n) is 18.9. The minimum Gasteiger partial charge on any atom is -0.342 e. The molecule has 1 atom stereocenters. The first-order chi connectivity index (χ1) is 16.6. The molecule has 0 spiro atoms. The number of nitrogens with one attached hydrogen (secondary N) is 1. The van der Waals surface area contributed by atoms with E-state index in [0.717, 1.165) is 35.6 Å². The Kier molecular flexibility index (Phi) is 8.05. The Morgan fingerprint density at radius 2 is 1.56 bits per heavy atom. The highest BCUT2D eigenvalue weighted by Gasteiger charge is 2.22. The second-order valence-corrected chi connectivity index (χ2v) is 8.88. The van der Waals surface area contributed by atoms with Gasteiger partial charge in [0.05, 0.1) is 6.04 Å². The number of ketones is 1. The van der Waals surface area contributed by atoms with Crippen LogP contribution in [0, 0.1) is 0 Å². The maximum absolute atomic E-state index is 13.2. The predicted molar refractivity (Wildman–Crippen MR) is 137 cm³/mol. The second-order valence-electron chi connectivity index (χ2n) is 8.45. The summed E-state index contributed by atoms with van der Waals surface area (Å²) in [6.07, 6.45) is 6.99. The van der Waals surface area contributed by atoms with Crippen molar-refractivity contribution >= 4 is 34.1 Å². The van der Waals surface area contributed by atoms with E-state index in [1.807, 2.05) is 60.7 Å². The lowest BCUT2D eigenvalue weighted by Gasteiger charge is -2.18. The predicted octanol–water partition coefficient (Wildman–Crippen LogP) is 6.21. The molecule has 0 bridgehead atoms. The molecule has 0 aliphatic carbocycles. The van der Waals surface area contributed by atoms with E-state index in [1.165, 1.54) is 5.56 Å². The SMILES string of the molecule is O=C(NC(Cc1ccc(Cl)cc1)C(=O)CCCCc1ccncc1)c1ccc2ccccc2c1. The van der Waals surface area contributed by atoms with Crippen LogP contribution in [0.4, 0.5) is 0 Å². The number of halogens is 1. The average molecular weight is 471 g/mol. The van der Waals surface area contributed by atoms with E-state index in [4.69, 9.17) is 11.6 Å². The zero-order valence-corrected chi connectivity index (χ0v) is 19.7. The molecule has 0 saturated carbocycles. The summed E-state index contributed by atoms with van der Waals surface area (Å²) in [5, 5.41) is 5.70. The zero-order chi connectivity index (χ0) is 23.8. The lowest BCUT2D eigenvalue weighted by molar-refractivity contribution is -0.121. The molecular formula is C29H27ClN2O2. The van der Waals surface area contributed by atoms with Gasteiger partial charge in [-0.3, -0.25) is 14.6 Å². The summed E-state index contributed by atoms with van der Waals surface area (Å²) in [5.74, 6) is -0.200. The van der Waals surface area contributed by atoms with Gasteiger partial charge in [0.1, 0.15) is 0 Å². The van der Waals surface area contributed by atoms with Crippen molar-refractivity contribution in [2.24, 2.45) is 0 Å². The van der Waals surface area contributed by atoms with Crippen molar-refractivity contribution in [3.63, 3.8) is 0 Å². The Labute approximate surface area is 205 Å². The molecule has 0 aliphatic rings. The van der Waals surface area contributed by atoms with Crippen molar-refractivity contribution in [1.82, 2.24) is 10.3 Å². The maximum atomic E-state index is 13.2. The maximum Gasteiger partial charge on any atom is 0.251 e. The van der Waals surface area contributed by atoms with Crippen LogP contribution in [-0.2, 0) is 17.6 Å². The Morgan fingerprint density at radius 1 is 0.824 bits per heavy atom. The number of unbranched alkanes of at least 4 members (excludes halogenated alkanes) is 1. The van der Waals surface area contributed by atoms with Crippen molar-refractivity contribution in [2.45, 2.75) is 38.1 Å². The van der Waals surface area contributed by atoms with Crippen LogP contribution in [0.3, 0.4) is 0 Å². The number of nitrogens with zero attached hydrogens (tertiary/aromatic N) is 1. The summed E-state index contributed by atoms with van der Waals surface area (Å²) in [6, 6.07) is 24.3. The number of carbonyl (C=O) groups is 2. The van der Waals surface area contributed by atoms with Crippen molar-refractivity contribution in [3.05, 3.63) is 113 Å². The number of hydrogen-bond donors (Lipinski definition) is 1. The van der Waals surface area contributed by atoms with E-state index in [9.17, 15) is 9.59 Å². The Morgan fingerprint density at radius 3 is 2.32 bits per heavy atom. The third-order valence-corrected chi connectivity index (χ3v) is 6.20. The van der Waals surface area contributed by atoms with E-state index in [-0.39, 0.29) is 11.7 Å². The van der Waals surface area contributed by atoms with Gasteiger partial charge in [0.15, 0.2) is 5.78 Å². The van der Waals surface area contributed by atoms with Crippen LogP contribution in [-0.4, -0.2) is 22.7 Å². The normalized spacial score (nSPS) is 11.8. The number of benzene rings is 3. The number of pyridine rings is 1. The van der Waals surface area contributed by atoms with E-state index in [1.54, 1.807) is 30.6 Å². The number of carbonyl (C=O) groups excluding carboxylic acids is 2. The largest absolute Gasteiger partial charge is 0.342 e. The number of Topliss-reactive ketones (excluding diaryl/α,β-unsaturated/α-hetero) is 1. The number of aromatic nitrogens is 1. The van der Waals surface area contributed by atoms with Crippen LogP contribution in [0.5, 0.6) is 0 Å². The fraction of sp³-hybridized carbons (Fsp3) is 0.207. The summed E-state index contributed by atoms with van der Waals surface area (Å²) < 4.78 is 0. The van der Waals surface area contributed by atoms with Gasteiger partial charge in [-0.05, 0) is 84.0 Å². The van der Waals surface area contributed by atoms with Gasteiger partial charge in [0.25, 0.3) is 5.91 Å². The van der Waals surface area contributed by atoms with Gasteiger partial charge in [-0.1, -0.05) is 54.1 Å².